The standard InChI is InChI=1S/C27H40N2O4S/c1-3-16-34-17-4-14-29-15-12-20(21(19-29)6-10-27(31)32)5-9-26(30)23-11-13-28-25-8-7-22(33-2)18-24(23)25/h7-8,11,13,18,20-21,26,30H,3-6,9-10,12,14-17,19H2,1-2H3,(H,31,32)/t20-,21-,26-/m1/s1. The van der Waals surface area contributed by atoms with Gasteiger partial charge in [-0.25, -0.2) is 0 Å². The summed E-state index contributed by atoms with van der Waals surface area (Å²) in [6.07, 6.45) is 7.17. The van der Waals surface area contributed by atoms with Crippen LogP contribution in [0.25, 0.3) is 10.9 Å². The zero-order chi connectivity index (χ0) is 24.3. The van der Waals surface area contributed by atoms with E-state index in [4.69, 9.17) is 4.74 Å². The molecule has 2 aromatic rings. The van der Waals surface area contributed by atoms with Crippen LogP contribution < -0.4 is 4.74 Å². The Hall–Kier alpha value is -1.83. The molecule has 6 nitrogen and oxygen atoms in total. The predicted octanol–water partition coefficient (Wildman–Crippen LogP) is 5.39. The van der Waals surface area contributed by atoms with Crippen LogP contribution in [0.4, 0.5) is 0 Å². The maximum Gasteiger partial charge on any atom is 0.303 e. The summed E-state index contributed by atoms with van der Waals surface area (Å²) in [5.41, 5.74) is 1.73. The lowest BCUT2D eigenvalue weighted by atomic mass is 9.79. The first kappa shape index (κ1) is 26.8. The molecule has 0 unspecified atom stereocenters. The second-order valence-electron chi connectivity index (χ2n) is 9.38. The van der Waals surface area contributed by atoms with Gasteiger partial charge in [-0.2, -0.15) is 11.8 Å². The summed E-state index contributed by atoms with van der Waals surface area (Å²) in [6, 6.07) is 7.64. The van der Waals surface area contributed by atoms with Crippen LogP contribution in [0.5, 0.6) is 5.75 Å². The summed E-state index contributed by atoms with van der Waals surface area (Å²) in [5.74, 6) is 3.28. The molecule has 1 aromatic heterocycles. The molecule has 3 rings (SSSR count). The third kappa shape index (κ3) is 7.85. The summed E-state index contributed by atoms with van der Waals surface area (Å²) in [4.78, 5) is 18.2. The molecule has 0 amide bonds. The molecule has 188 valence electrons. The molecule has 1 aliphatic rings. The predicted molar refractivity (Wildman–Crippen MR) is 140 cm³/mol. The number of aliphatic hydroxyl groups is 1. The summed E-state index contributed by atoms with van der Waals surface area (Å²) in [5, 5.41) is 21.3. The molecule has 1 aliphatic heterocycles. The number of nitrogens with zero attached hydrogens (tertiary/aromatic N) is 2. The maximum atomic E-state index is 11.3. The number of rotatable bonds is 14. The lowest BCUT2D eigenvalue weighted by Gasteiger charge is -2.39. The van der Waals surface area contributed by atoms with Gasteiger partial charge in [0.25, 0.3) is 0 Å². The van der Waals surface area contributed by atoms with Crippen LogP contribution in [0.3, 0.4) is 0 Å². The number of piperidine rings is 1. The summed E-state index contributed by atoms with van der Waals surface area (Å²) in [6.45, 7) is 5.36. The van der Waals surface area contributed by atoms with Crippen molar-refractivity contribution in [3.8, 4) is 5.75 Å². The van der Waals surface area contributed by atoms with Gasteiger partial charge in [-0.3, -0.25) is 9.78 Å². The number of carboxylic acid groups (broad SMARTS) is 1. The van der Waals surface area contributed by atoms with E-state index in [-0.39, 0.29) is 6.42 Å². The number of carboxylic acids is 1. The average molecular weight is 489 g/mol. The normalized spacial score (nSPS) is 19.9. The summed E-state index contributed by atoms with van der Waals surface area (Å²) in [7, 11) is 1.64. The first-order valence-corrected chi connectivity index (χ1v) is 13.8. The third-order valence-electron chi connectivity index (χ3n) is 6.97. The Bertz CT molecular complexity index is 909. The van der Waals surface area contributed by atoms with Crippen molar-refractivity contribution in [3.63, 3.8) is 0 Å². The highest BCUT2D eigenvalue weighted by Gasteiger charge is 2.30. The largest absolute Gasteiger partial charge is 0.497 e. The fraction of sp³-hybridized carbons (Fsp3) is 0.630. The molecule has 2 heterocycles. The lowest BCUT2D eigenvalue weighted by Crippen LogP contribution is -2.41. The van der Waals surface area contributed by atoms with Crippen LogP contribution in [-0.2, 0) is 4.79 Å². The summed E-state index contributed by atoms with van der Waals surface area (Å²) >= 11 is 2.03. The molecule has 0 radical (unpaired) electrons. The second-order valence-corrected chi connectivity index (χ2v) is 10.6. The van der Waals surface area contributed by atoms with Gasteiger partial charge in [0.2, 0.25) is 0 Å². The SMILES string of the molecule is CCCSCCCN1CC[C@@H](CC[C@@H](O)c2ccnc3ccc(OC)cc23)[C@H](CCC(=O)O)C1. The fourth-order valence-electron chi connectivity index (χ4n) is 5.10. The van der Waals surface area contributed by atoms with Gasteiger partial charge in [-0.15, -0.1) is 0 Å². The monoisotopic (exact) mass is 488 g/mol. The molecule has 1 aromatic carbocycles. The fourth-order valence-corrected chi connectivity index (χ4v) is 5.93. The molecule has 1 saturated heterocycles. The molecule has 3 atom stereocenters. The summed E-state index contributed by atoms with van der Waals surface area (Å²) < 4.78 is 5.37. The van der Waals surface area contributed by atoms with E-state index in [2.05, 4.69) is 16.8 Å². The second kappa shape index (κ2) is 13.9. The number of hydrogen-bond acceptors (Lipinski definition) is 6. The van der Waals surface area contributed by atoms with Gasteiger partial charge in [-0.05, 0) is 105 Å². The minimum atomic E-state index is -0.718. The van der Waals surface area contributed by atoms with E-state index in [9.17, 15) is 15.0 Å². The zero-order valence-electron chi connectivity index (χ0n) is 20.6. The Morgan fingerprint density at radius 1 is 1.26 bits per heavy atom. The molecule has 34 heavy (non-hydrogen) atoms. The quantitative estimate of drug-likeness (QED) is 0.345. The van der Waals surface area contributed by atoms with Crippen LogP contribution >= 0.6 is 11.8 Å². The van der Waals surface area contributed by atoms with E-state index in [1.165, 1.54) is 24.3 Å². The van der Waals surface area contributed by atoms with Gasteiger partial charge < -0.3 is 19.8 Å². The van der Waals surface area contributed by atoms with E-state index in [0.29, 0.717) is 24.7 Å². The van der Waals surface area contributed by atoms with E-state index >= 15 is 0 Å². The Balaban J connectivity index is 1.59. The number of likely N-dealkylation sites (tertiary alicyclic amines) is 1. The molecule has 0 aliphatic carbocycles. The van der Waals surface area contributed by atoms with Crippen molar-refractivity contribution in [1.82, 2.24) is 9.88 Å². The first-order valence-electron chi connectivity index (χ1n) is 12.6. The zero-order valence-corrected chi connectivity index (χ0v) is 21.4. The van der Waals surface area contributed by atoms with Crippen molar-refractivity contribution < 1.29 is 19.7 Å². The topological polar surface area (TPSA) is 82.9 Å². The van der Waals surface area contributed by atoms with Crippen LogP contribution in [0.1, 0.15) is 63.5 Å². The molecule has 0 spiro atoms. The number of fused-ring (bicyclic) bond motifs is 1. The average Bonchev–Trinajstić information content (AvgIpc) is 2.85. The minimum Gasteiger partial charge on any atom is -0.497 e. The number of thioether (sulfide) groups is 1. The van der Waals surface area contributed by atoms with Crippen molar-refractivity contribution in [2.45, 2.75) is 58.0 Å². The van der Waals surface area contributed by atoms with Crippen LogP contribution in [0, 0.1) is 11.8 Å². The molecule has 2 N–H and O–H groups in total. The molecule has 7 heteroatoms. The van der Waals surface area contributed by atoms with Gasteiger partial charge in [0.05, 0.1) is 18.7 Å². The number of hydrogen-bond donors (Lipinski definition) is 2. The Labute approximate surface area is 208 Å². The molecule has 0 saturated carbocycles. The van der Waals surface area contributed by atoms with Gasteiger partial charge in [-0.1, -0.05) is 6.92 Å². The number of aliphatic hydroxyl groups excluding tert-OH is 1. The first-order chi connectivity index (χ1) is 16.5. The van der Waals surface area contributed by atoms with E-state index in [0.717, 1.165) is 54.7 Å². The number of carbonyl (C=O) groups is 1. The number of methoxy groups -OCH3 is 1. The molecular formula is C27H40N2O4S. The Morgan fingerprint density at radius 2 is 2.12 bits per heavy atom. The van der Waals surface area contributed by atoms with E-state index < -0.39 is 12.1 Å². The molecule has 1 fully saturated rings. The third-order valence-corrected chi connectivity index (χ3v) is 8.24. The maximum absolute atomic E-state index is 11.3. The lowest BCUT2D eigenvalue weighted by molar-refractivity contribution is -0.137. The van der Waals surface area contributed by atoms with E-state index in [1.54, 1.807) is 13.3 Å². The van der Waals surface area contributed by atoms with Crippen LogP contribution in [0.15, 0.2) is 30.5 Å². The number of aromatic nitrogens is 1. The highest BCUT2D eigenvalue weighted by atomic mass is 32.2. The van der Waals surface area contributed by atoms with Crippen molar-refractivity contribution in [1.29, 1.82) is 0 Å². The van der Waals surface area contributed by atoms with Gasteiger partial charge >= 0.3 is 5.97 Å². The molecule has 0 bridgehead atoms. The number of benzene rings is 1. The number of aliphatic carboxylic acids is 1. The Morgan fingerprint density at radius 3 is 2.88 bits per heavy atom. The van der Waals surface area contributed by atoms with Gasteiger partial charge in [0, 0.05) is 24.5 Å². The number of pyridine rings is 1. The van der Waals surface area contributed by atoms with Crippen molar-refractivity contribution >= 4 is 28.6 Å². The van der Waals surface area contributed by atoms with Crippen LogP contribution in [0.2, 0.25) is 0 Å². The highest BCUT2D eigenvalue weighted by molar-refractivity contribution is 7.99. The Kier molecular flexibility index (Phi) is 10.9. The molecular weight excluding hydrogens is 448 g/mol. The smallest absolute Gasteiger partial charge is 0.303 e. The minimum absolute atomic E-state index is 0.221. The van der Waals surface area contributed by atoms with Crippen molar-refractivity contribution in [2.75, 3.05) is 38.2 Å². The number of ether oxygens (including phenoxy) is 1. The highest BCUT2D eigenvalue weighted by Crippen LogP contribution is 2.35. The van der Waals surface area contributed by atoms with E-state index in [1.807, 2.05) is 36.0 Å². The van der Waals surface area contributed by atoms with Gasteiger partial charge in [0.15, 0.2) is 0 Å². The van der Waals surface area contributed by atoms with Crippen molar-refractivity contribution in [2.24, 2.45) is 11.8 Å². The van der Waals surface area contributed by atoms with Crippen molar-refractivity contribution in [3.05, 3.63) is 36.0 Å². The van der Waals surface area contributed by atoms with Crippen LogP contribution in [-0.4, -0.2) is 64.3 Å². The van der Waals surface area contributed by atoms with Gasteiger partial charge in [0.1, 0.15) is 5.75 Å².